The highest BCUT2D eigenvalue weighted by atomic mass is 35.5. The van der Waals surface area contributed by atoms with E-state index in [2.05, 4.69) is 4.98 Å². The maximum atomic E-state index is 13.7. The Hall–Kier alpha value is -2.51. The summed E-state index contributed by atoms with van der Waals surface area (Å²) in [6.45, 7) is 1.57. The van der Waals surface area contributed by atoms with Crippen LogP contribution in [0.5, 0.6) is 5.88 Å². The van der Waals surface area contributed by atoms with Gasteiger partial charge in [0, 0.05) is 17.2 Å². The summed E-state index contributed by atoms with van der Waals surface area (Å²) in [4.78, 5) is 28.1. The maximum absolute atomic E-state index is 13.7. The van der Waals surface area contributed by atoms with E-state index in [1.54, 1.807) is 18.2 Å². The largest absolute Gasteiger partial charge is 0.471 e. The molecule has 3 rings (SSSR count). The van der Waals surface area contributed by atoms with Crippen molar-refractivity contribution in [1.82, 2.24) is 9.55 Å². The number of carbonyl (C=O) groups excluding carboxylic acids is 1. The van der Waals surface area contributed by atoms with Crippen molar-refractivity contribution < 1.29 is 18.3 Å². The predicted molar refractivity (Wildman–Crippen MR) is 100 cm³/mol. The summed E-state index contributed by atoms with van der Waals surface area (Å²) in [6, 6.07) is 2.54. The van der Waals surface area contributed by atoms with Gasteiger partial charge < -0.3 is 4.74 Å². The lowest BCUT2D eigenvalue weighted by Gasteiger charge is -2.24. The highest BCUT2D eigenvalue weighted by Crippen LogP contribution is 2.28. The van der Waals surface area contributed by atoms with Gasteiger partial charge in [-0.25, -0.2) is 13.8 Å². The van der Waals surface area contributed by atoms with Gasteiger partial charge in [0.1, 0.15) is 24.6 Å². The molecule has 0 saturated heterocycles. The fourth-order valence-electron chi connectivity index (χ4n) is 2.75. The lowest BCUT2D eigenvalue weighted by Crippen LogP contribution is -2.29. The maximum Gasteiger partial charge on any atom is 0.276 e. The Bertz CT molecular complexity index is 1050. The Morgan fingerprint density at radius 2 is 2.11 bits per heavy atom. The molecule has 1 heterocycles. The van der Waals surface area contributed by atoms with Crippen LogP contribution in [0.1, 0.15) is 18.5 Å². The van der Waals surface area contributed by atoms with Gasteiger partial charge in [-0.05, 0) is 35.7 Å². The first-order chi connectivity index (χ1) is 13.3. The SMILES string of the molecule is CC1C=CC(C(=O)Cl)=CC1n1cnc(OCc2ccc(F)cc2F)c(Cl)c1=O. The van der Waals surface area contributed by atoms with Crippen molar-refractivity contribution in [2.24, 2.45) is 5.92 Å². The van der Waals surface area contributed by atoms with E-state index in [0.717, 1.165) is 12.1 Å². The van der Waals surface area contributed by atoms with E-state index in [4.69, 9.17) is 27.9 Å². The van der Waals surface area contributed by atoms with Crippen molar-refractivity contribution in [3.63, 3.8) is 0 Å². The zero-order valence-electron chi connectivity index (χ0n) is 14.5. The van der Waals surface area contributed by atoms with Gasteiger partial charge in [0.15, 0.2) is 5.02 Å². The summed E-state index contributed by atoms with van der Waals surface area (Å²) in [7, 11) is 0. The molecule has 9 heteroatoms. The van der Waals surface area contributed by atoms with E-state index < -0.39 is 28.5 Å². The van der Waals surface area contributed by atoms with E-state index in [9.17, 15) is 18.4 Å². The van der Waals surface area contributed by atoms with Crippen LogP contribution in [0.4, 0.5) is 8.78 Å². The molecule has 146 valence electrons. The molecule has 1 aromatic carbocycles. The normalized spacial score (nSPS) is 18.7. The van der Waals surface area contributed by atoms with Crippen LogP contribution in [0.3, 0.4) is 0 Å². The van der Waals surface area contributed by atoms with Crippen molar-refractivity contribution in [2.45, 2.75) is 19.6 Å². The summed E-state index contributed by atoms with van der Waals surface area (Å²) in [5.41, 5.74) is -0.237. The number of aromatic nitrogens is 2. The summed E-state index contributed by atoms with van der Waals surface area (Å²) >= 11 is 11.6. The molecule has 0 saturated carbocycles. The minimum absolute atomic E-state index is 0.0858. The second-order valence-electron chi connectivity index (χ2n) is 6.21. The summed E-state index contributed by atoms with van der Waals surface area (Å²) in [5.74, 6) is -1.78. The number of nitrogens with zero attached hydrogens (tertiary/aromatic N) is 2. The van der Waals surface area contributed by atoms with Crippen LogP contribution in [0.2, 0.25) is 5.02 Å². The van der Waals surface area contributed by atoms with E-state index in [1.807, 2.05) is 6.92 Å². The first-order valence-electron chi connectivity index (χ1n) is 8.21. The standard InChI is InChI=1S/C19H14Cl2F2N2O3/c1-10-2-3-11(17(21)26)6-15(10)25-9-24-18(16(20)19(25)27)28-8-12-4-5-13(22)7-14(12)23/h2-7,9-10,15H,8H2,1H3. The molecular weight excluding hydrogens is 413 g/mol. The third-order valence-corrected chi connectivity index (χ3v) is 4.85. The second kappa shape index (κ2) is 8.24. The third-order valence-electron chi connectivity index (χ3n) is 4.31. The van der Waals surface area contributed by atoms with Crippen molar-refractivity contribution in [2.75, 3.05) is 0 Å². The van der Waals surface area contributed by atoms with Crippen molar-refractivity contribution in [3.05, 3.63) is 80.9 Å². The Balaban J connectivity index is 1.86. The Labute approximate surface area is 168 Å². The number of carbonyl (C=O) groups is 1. The quantitative estimate of drug-likeness (QED) is 0.672. The summed E-state index contributed by atoms with van der Waals surface area (Å²) in [5, 5.41) is -0.930. The fourth-order valence-corrected chi connectivity index (χ4v) is 3.08. The van der Waals surface area contributed by atoms with Crippen LogP contribution in [0.25, 0.3) is 0 Å². The average Bonchev–Trinajstić information content (AvgIpc) is 2.65. The van der Waals surface area contributed by atoms with Crippen LogP contribution in [-0.4, -0.2) is 14.8 Å². The smallest absolute Gasteiger partial charge is 0.276 e. The van der Waals surface area contributed by atoms with Crippen LogP contribution >= 0.6 is 23.2 Å². The molecule has 28 heavy (non-hydrogen) atoms. The van der Waals surface area contributed by atoms with Crippen LogP contribution < -0.4 is 10.3 Å². The van der Waals surface area contributed by atoms with E-state index in [-0.39, 0.29) is 34.6 Å². The Kier molecular flexibility index (Phi) is 5.96. The minimum atomic E-state index is -0.782. The zero-order chi connectivity index (χ0) is 20.4. The first-order valence-corrected chi connectivity index (χ1v) is 8.96. The van der Waals surface area contributed by atoms with Gasteiger partial charge in [-0.15, -0.1) is 0 Å². The number of benzene rings is 1. The van der Waals surface area contributed by atoms with E-state index in [0.29, 0.717) is 0 Å². The topological polar surface area (TPSA) is 61.2 Å². The number of allylic oxidation sites excluding steroid dienone is 4. The molecule has 1 aromatic heterocycles. The minimum Gasteiger partial charge on any atom is -0.471 e. The molecule has 2 unspecified atom stereocenters. The molecule has 0 aliphatic heterocycles. The monoisotopic (exact) mass is 426 g/mol. The molecule has 1 aliphatic rings. The van der Waals surface area contributed by atoms with Gasteiger partial charge in [-0.2, -0.15) is 0 Å². The summed E-state index contributed by atoms with van der Waals surface area (Å²) in [6.07, 6.45) is 6.14. The van der Waals surface area contributed by atoms with Gasteiger partial charge in [0.2, 0.25) is 5.88 Å². The number of hydrogen-bond acceptors (Lipinski definition) is 4. The number of ether oxygens (including phenoxy) is 1. The highest BCUT2D eigenvalue weighted by Gasteiger charge is 2.24. The molecular formula is C19H14Cl2F2N2O3. The molecule has 0 spiro atoms. The average molecular weight is 427 g/mol. The molecule has 0 amide bonds. The molecule has 0 bridgehead atoms. The van der Waals surface area contributed by atoms with Crippen LogP contribution in [0, 0.1) is 17.6 Å². The lowest BCUT2D eigenvalue weighted by atomic mass is 9.93. The Morgan fingerprint density at radius 1 is 1.36 bits per heavy atom. The summed E-state index contributed by atoms with van der Waals surface area (Å²) < 4.78 is 33.3. The van der Waals surface area contributed by atoms with E-state index in [1.165, 1.54) is 17.0 Å². The van der Waals surface area contributed by atoms with Crippen LogP contribution in [0.15, 0.2) is 53.1 Å². The Morgan fingerprint density at radius 3 is 2.79 bits per heavy atom. The molecule has 2 aromatic rings. The van der Waals surface area contributed by atoms with Crippen LogP contribution in [-0.2, 0) is 11.4 Å². The van der Waals surface area contributed by atoms with Gasteiger partial charge in [-0.3, -0.25) is 14.2 Å². The number of hydrogen-bond donors (Lipinski definition) is 0. The van der Waals surface area contributed by atoms with Crippen molar-refractivity contribution >= 4 is 28.4 Å². The highest BCUT2D eigenvalue weighted by molar-refractivity contribution is 6.68. The molecule has 2 atom stereocenters. The number of halogens is 4. The predicted octanol–water partition coefficient (Wildman–Crippen LogP) is 4.19. The van der Waals surface area contributed by atoms with Crippen molar-refractivity contribution in [3.8, 4) is 5.88 Å². The molecule has 0 radical (unpaired) electrons. The third kappa shape index (κ3) is 4.15. The van der Waals surface area contributed by atoms with E-state index >= 15 is 0 Å². The second-order valence-corrected chi connectivity index (χ2v) is 6.93. The molecule has 0 N–H and O–H groups in total. The van der Waals surface area contributed by atoms with Gasteiger partial charge in [0.25, 0.3) is 10.8 Å². The molecule has 0 fully saturated rings. The zero-order valence-corrected chi connectivity index (χ0v) is 16.0. The van der Waals surface area contributed by atoms with Gasteiger partial charge in [0.05, 0.1) is 6.04 Å². The van der Waals surface area contributed by atoms with Crippen molar-refractivity contribution in [1.29, 1.82) is 0 Å². The number of rotatable bonds is 5. The molecule has 5 nitrogen and oxygen atoms in total. The van der Waals surface area contributed by atoms with Gasteiger partial charge >= 0.3 is 0 Å². The lowest BCUT2D eigenvalue weighted by molar-refractivity contribution is -0.108. The fraction of sp³-hybridized carbons (Fsp3) is 0.211. The first kappa shape index (κ1) is 20.2. The van der Waals surface area contributed by atoms with Gasteiger partial charge in [-0.1, -0.05) is 30.7 Å². The molecule has 1 aliphatic carbocycles.